The molecular weight excluding hydrogens is 567 g/mol. The molecule has 0 amide bonds. The summed E-state index contributed by atoms with van der Waals surface area (Å²) in [6.07, 6.45) is -8.34. The summed E-state index contributed by atoms with van der Waals surface area (Å²) in [4.78, 5) is 38.2. The van der Waals surface area contributed by atoms with Gasteiger partial charge in [-0.2, -0.15) is 5.10 Å². The van der Waals surface area contributed by atoms with Gasteiger partial charge in [-0.05, 0) is 36.8 Å². The summed E-state index contributed by atoms with van der Waals surface area (Å²) in [5, 5.41) is 35.9. The molecule has 0 aliphatic carbocycles. The number of hydrogen-bond acceptors (Lipinski definition) is 10. The quantitative estimate of drug-likeness (QED) is 0.261. The van der Waals surface area contributed by atoms with E-state index in [2.05, 4.69) is 9.84 Å². The monoisotopic (exact) mass is 592 g/mol. The number of rotatable bonds is 8. The zero-order valence-corrected chi connectivity index (χ0v) is 22.9. The van der Waals surface area contributed by atoms with Crippen LogP contribution < -0.4 is 5.56 Å². The van der Waals surface area contributed by atoms with Crippen LogP contribution >= 0.6 is 23.2 Å². The van der Waals surface area contributed by atoms with Gasteiger partial charge in [0.05, 0.1) is 31.5 Å². The molecule has 0 radical (unpaired) electrons. The van der Waals surface area contributed by atoms with Gasteiger partial charge in [-0.15, -0.1) is 0 Å². The number of ether oxygens (including phenoxy) is 3. The normalized spacial score (nSPS) is 22.6. The number of esters is 1. The smallest absolute Gasteiger partial charge is 0.337 e. The maximum absolute atomic E-state index is 13.5. The number of aliphatic hydroxyl groups excluding tert-OH is 3. The van der Waals surface area contributed by atoms with Crippen molar-refractivity contribution in [2.24, 2.45) is 0 Å². The van der Waals surface area contributed by atoms with Crippen LogP contribution in [0.4, 0.5) is 0 Å². The molecular formula is C27H26Cl2N2O9. The molecule has 3 N–H and O–H groups in total. The van der Waals surface area contributed by atoms with Crippen LogP contribution in [-0.4, -0.2) is 81.3 Å². The lowest BCUT2D eigenvalue weighted by molar-refractivity contribution is -0.295. The molecule has 0 saturated carbocycles. The predicted octanol–water partition coefficient (Wildman–Crippen LogP) is 2.08. The van der Waals surface area contributed by atoms with Crippen LogP contribution in [0.15, 0.2) is 53.3 Å². The molecule has 4 rings (SSSR count). The van der Waals surface area contributed by atoms with Crippen LogP contribution in [0.2, 0.25) is 10.0 Å². The number of hydrogen-bond donors (Lipinski definition) is 3. The van der Waals surface area contributed by atoms with Crippen molar-refractivity contribution in [3.8, 4) is 22.4 Å². The summed E-state index contributed by atoms with van der Waals surface area (Å²) in [5.74, 6) is -1.47. The summed E-state index contributed by atoms with van der Waals surface area (Å²) in [7, 11) is 1.07. The van der Waals surface area contributed by atoms with Gasteiger partial charge in [0.15, 0.2) is 18.2 Å². The van der Waals surface area contributed by atoms with Crippen molar-refractivity contribution in [3.05, 3.63) is 74.5 Å². The zero-order valence-electron chi connectivity index (χ0n) is 21.4. The average Bonchev–Trinajstić information content (AvgIpc) is 2.94. The molecule has 0 spiro atoms. The van der Waals surface area contributed by atoms with Gasteiger partial charge in [-0.1, -0.05) is 47.5 Å². The van der Waals surface area contributed by atoms with Gasteiger partial charge >= 0.3 is 5.97 Å². The van der Waals surface area contributed by atoms with Crippen molar-refractivity contribution < 1.29 is 39.1 Å². The van der Waals surface area contributed by atoms with Crippen molar-refractivity contribution in [2.45, 2.75) is 44.2 Å². The van der Waals surface area contributed by atoms with E-state index in [-0.39, 0.29) is 18.7 Å². The van der Waals surface area contributed by atoms with Crippen LogP contribution in [0.1, 0.15) is 17.3 Å². The summed E-state index contributed by atoms with van der Waals surface area (Å²) >= 11 is 12.1. The number of Topliss-reactive ketones (excluding diaryl/α,β-unsaturated/α-hetero) is 1. The van der Waals surface area contributed by atoms with Gasteiger partial charge in [0.2, 0.25) is 0 Å². The van der Waals surface area contributed by atoms with Crippen LogP contribution in [0.5, 0.6) is 0 Å². The summed E-state index contributed by atoms with van der Waals surface area (Å²) in [6, 6.07) is 13.3. The number of carbonyl (C=O) groups excluding carboxylic acids is 2. The minimum Gasteiger partial charge on any atom is -0.467 e. The van der Waals surface area contributed by atoms with E-state index in [1.807, 2.05) is 0 Å². The highest BCUT2D eigenvalue weighted by Crippen LogP contribution is 2.33. The van der Waals surface area contributed by atoms with Crippen LogP contribution in [-0.2, 0) is 25.5 Å². The fraction of sp³-hybridized carbons (Fsp3) is 0.333. The van der Waals surface area contributed by atoms with Gasteiger partial charge in [0.25, 0.3) is 5.56 Å². The fourth-order valence-corrected chi connectivity index (χ4v) is 4.56. The molecule has 2 aromatic carbocycles. The molecule has 5 atom stereocenters. The summed E-state index contributed by atoms with van der Waals surface area (Å²) < 4.78 is 16.4. The van der Waals surface area contributed by atoms with E-state index >= 15 is 0 Å². The first-order valence-corrected chi connectivity index (χ1v) is 12.9. The van der Waals surface area contributed by atoms with E-state index in [1.54, 1.807) is 48.5 Å². The van der Waals surface area contributed by atoms with Crippen molar-refractivity contribution in [1.29, 1.82) is 0 Å². The second-order valence-electron chi connectivity index (χ2n) is 8.99. The number of ketones is 1. The first-order chi connectivity index (χ1) is 19.0. The Morgan fingerprint density at radius 3 is 2.08 bits per heavy atom. The average molecular weight is 593 g/mol. The second kappa shape index (κ2) is 12.6. The van der Waals surface area contributed by atoms with E-state index in [0.29, 0.717) is 32.4 Å². The molecule has 0 bridgehead atoms. The Morgan fingerprint density at radius 1 is 0.950 bits per heavy atom. The Bertz CT molecular complexity index is 1440. The lowest BCUT2D eigenvalue weighted by Crippen LogP contribution is -2.60. The SMILES string of the molecule is COC(=O)[C@H]1O[C@@H](OCCn2nc(-c3ccc(Cl)cc3)c(-c3ccc(Cl)cc3)c(C(C)=O)c2=O)[C@H](O)[C@@H](O)[C@@H]1O. The Morgan fingerprint density at radius 2 is 1.52 bits per heavy atom. The zero-order chi connectivity index (χ0) is 29.1. The molecule has 212 valence electrons. The fourth-order valence-electron chi connectivity index (χ4n) is 4.31. The highest BCUT2D eigenvalue weighted by molar-refractivity contribution is 6.31. The van der Waals surface area contributed by atoms with Crippen LogP contribution in [0, 0.1) is 0 Å². The highest BCUT2D eigenvalue weighted by Gasteiger charge is 2.47. The molecule has 1 aliphatic rings. The van der Waals surface area contributed by atoms with Gasteiger partial charge in [-0.25, -0.2) is 9.48 Å². The first kappa shape index (κ1) is 29.8. The standard InChI is InChI=1S/C27H26Cl2N2O9/c1-13(32)18-19(14-3-7-16(28)8-4-14)20(15-5-9-17(29)10-6-15)30-31(25(18)36)11-12-39-27-23(35)21(33)22(34)24(40-27)26(37)38-2/h3-10,21-24,27,33-35H,11-12H2,1-2H3/t21-,22-,23+,24-,27+/m0/s1. The first-order valence-electron chi connectivity index (χ1n) is 12.1. The van der Waals surface area contributed by atoms with E-state index < -0.39 is 48.0 Å². The number of aliphatic hydroxyl groups is 3. The van der Waals surface area contributed by atoms with Gasteiger partial charge in [0, 0.05) is 21.2 Å². The Hall–Kier alpha value is -3.16. The molecule has 1 fully saturated rings. The molecule has 11 nitrogen and oxygen atoms in total. The molecule has 40 heavy (non-hydrogen) atoms. The van der Waals surface area contributed by atoms with Crippen molar-refractivity contribution in [2.75, 3.05) is 13.7 Å². The third-order valence-corrected chi connectivity index (χ3v) is 6.85. The number of benzene rings is 2. The predicted molar refractivity (Wildman–Crippen MR) is 144 cm³/mol. The summed E-state index contributed by atoms with van der Waals surface area (Å²) in [6.45, 7) is 0.784. The minimum atomic E-state index is -1.76. The third-order valence-electron chi connectivity index (χ3n) is 6.35. The molecule has 13 heteroatoms. The van der Waals surface area contributed by atoms with E-state index in [4.69, 9.17) is 32.7 Å². The molecule has 2 heterocycles. The maximum Gasteiger partial charge on any atom is 0.337 e. The summed E-state index contributed by atoms with van der Waals surface area (Å²) in [5.41, 5.74) is 0.968. The van der Waals surface area contributed by atoms with Crippen LogP contribution in [0.3, 0.4) is 0 Å². The lowest BCUT2D eigenvalue weighted by Gasteiger charge is -2.38. The van der Waals surface area contributed by atoms with E-state index in [0.717, 1.165) is 11.8 Å². The van der Waals surface area contributed by atoms with Crippen LogP contribution in [0.25, 0.3) is 22.4 Å². The van der Waals surface area contributed by atoms with Gasteiger partial charge in [0.1, 0.15) is 18.3 Å². The van der Waals surface area contributed by atoms with E-state index in [9.17, 15) is 29.7 Å². The highest BCUT2D eigenvalue weighted by atomic mass is 35.5. The molecule has 0 unspecified atom stereocenters. The molecule has 1 aliphatic heterocycles. The molecule has 1 aromatic heterocycles. The number of carbonyl (C=O) groups is 2. The Kier molecular flexibility index (Phi) is 9.37. The third kappa shape index (κ3) is 6.11. The van der Waals surface area contributed by atoms with E-state index in [1.165, 1.54) is 6.92 Å². The van der Waals surface area contributed by atoms with Crippen molar-refractivity contribution in [3.63, 3.8) is 0 Å². The van der Waals surface area contributed by atoms with Gasteiger partial charge in [-0.3, -0.25) is 9.59 Å². The molecule has 3 aromatic rings. The maximum atomic E-state index is 13.5. The largest absolute Gasteiger partial charge is 0.467 e. The van der Waals surface area contributed by atoms with Crippen molar-refractivity contribution >= 4 is 35.0 Å². The number of aromatic nitrogens is 2. The second-order valence-corrected chi connectivity index (χ2v) is 9.86. The number of halogens is 2. The van der Waals surface area contributed by atoms with Crippen molar-refractivity contribution in [1.82, 2.24) is 9.78 Å². The topological polar surface area (TPSA) is 157 Å². The van der Waals surface area contributed by atoms with Gasteiger partial charge < -0.3 is 29.5 Å². The Labute approximate surface area is 238 Å². The molecule has 1 saturated heterocycles. The lowest BCUT2D eigenvalue weighted by atomic mass is 9.94. The minimum absolute atomic E-state index is 0.111. The number of nitrogens with zero attached hydrogens (tertiary/aromatic N) is 2. The number of methoxy groups -OCH3 is 1. The Balaban J connectivity index is 1.70.